The van der Waals surface area contributed by atoms with Crippen LogP contribution in [0.15, 0.2) is 0 Å². The second-order valence-electron chi connectivity index (χ2n) is 4.57. The number of hydrogen-bond acceptors (Lipinski definition) is 3. The average molecular weight is 201 g/mol. The Hall–Kier alpha value is -0.120. The van der Waals surface area contributed by atoms with Gasteiger partial charge in [-0.05, 0) is 31.2 Å². The van der Waals surface area contributed by atoms with Crippen LogP contribution in [0.2, 0.25) is 0 Å². The zero-order valence-corrected chi connectivity index (χ0v) is 9.33. The van der Waals surface area contributed by atoms with Gasteiger partial charge in [-0.25, -0.2) is 0 Å². The topological polar surface area (TPSA) is 41.5 Å². The summed E-state index contributed by atoms with van der Waals surface area (Å²) in [7, 11) is 0. The number of aliphatic hydroxyl groups excluding tert-OH is 1. The number of aliphatic hydroxyl groups is 1. The van der Waals surface area contributed by atoms with Crippen molar-refractivity contribution in [2.75, 3.05) is 26.3 Å². The normalized spacial score (nSPS) is 21.4. The van der Waals surface area contributed by atoms with E-state index in [9.17, 15) is 5.11 Å². The maximum atomic E-state index is 9.87. The van der Waals surface area contributed by atoms with Gasteiger partial charge in [0.15, 0.2) is 0 Å². The summed E-state index contributed by atoms with van der Waals surface area (Å²) >= 11 is 0. The lowest BCUT2D eigenvalue weighted by molar-refractivity contribution is 0.00841. The minimum Gasteiger partial charge on any atom is -0.392 e. The Morgan fingerprint density at radius 1 is 1.29 bits per heavy atom. The SMILES string of the molecule is CC(C)CNCC(O)C1CCOCC1. The van der Waals surface area contributed by atoms with Crippen LogP contribution < -0.4 is 5.32 Å². The van der Waals surface area contributed by atoms with Crippen LogP contribution in [-0.4, -0.2) is 37.5 Å². The van der Waals surface area contributed by atoms with Crippen LogP contribution in [0.3, 0.4) is 0 Å². The lowest BCUT2D eigenvalue weighted by atomic mass is 9.94. The largest absolute Gasteiger partial charge is 0.392 e. The number of hydrogen-bond donors (Lipinski definition) is 2. The summed E-state index contributed by atoms with van der Waals surface area (Å²) in [6, 6.07) is 0. The van der Waals surface area contributed by atoms with Gasteiger partial charge in [0.2, 0.25) is 0 Å². The highest BCUT2D eigenvalue weighted by Crippen LogP contribution is 2.18. The van der Waals surface area contributed by atoms with Gasteiger partial charge in [-0.3, -0.25) is 0 Å². The third-order valence-electron chi connectivity index (χ3n) is 2.72. The zero-order valence-electron chi connectivity index (χ0n) is 9.33. The molecule has 84 valence electrons. The molecule has 0 amide bonds. The van der Waals surface area contributed by atoms with Crippen molar-refractivity contribution in [2.45, 2.75) is 32.8 Å². The molecule has 0 bridgehead atoms. The van der Waals surface area contributed by atoms with Crippen molar-refractivity contribution in [3.63, 3.8) is 0 Å². The van der Waals surface area contributed by atoms with E-state index in [-0.39, 0.29) is 6.10 Å². The monoisotopic (exact) mass is 201 g/mol. The molecule has 3 nitrogen and oxygen atoms in total. The fourth-order valence-electron chi connectivity index (χ4n) is 1.79. The summed E-state index contributed by atoms with van der Waals surface area (Å²) in [5, 5.41) is 13.2. The van der Waals surface area contributed by atoms with Gasteiger partial charge >= 0.3 is 0 Å². The molecule has 0 aliphatic carbocycles. The first-order valence-corrected chi connectivity index (χ1v) is 5.66. The Kier molecular flexibility index (Phi) is 5.45. The second kappa shape index (κ2) is 6.38. The van der Waals surface area contributed by atoms with Gasteiger partial charge in [0.1, 0.15) is 0 Å². The fourth-order valence-corrected chi connectivity index (χ4v) is 1.79. The van der Waals surface area contributed by atoms with Gasteiger partial charge in [-0.1, -0.05) is 13.8 Å². The molecular formula is C11H23NO2. The van der Waals surface area contributed by atoms with E-state index in [1.54, 1.807) is 0 Å². The quantitative estimate of drug-likeness (QED) is 0.698. The molecule has 1 aliphatic rings. The predicted octanol–water partition coefficient (Wildman–Crippen LogP) is 1.02. The first-order valence-electron chi connectivity index (χ1n) is 5.66. The first kappa shape index (κ1) is 12.0. The standard InChI is InChI=1S/C11H23NO2/c1-9(2)7-12-8-11(13)10-3-5-14-6-4-10/h9-13H,3-8H2,1-2H3. The lowest BCUT2D eigenvalue weighted by Gasteiger charge is -2.27. The molecule has 1 aliphatic heterocycles. The number of nitrogens with one attached hydrogen (secondary N) is 1. The molecule has 0 aromatic rings. The minimum atomic E-state index is -0.197. The molecule has 1 saturated heterocycles. The molecule has 0 aromatic heterocycles. The van der Waals surface area contributed by atoms with Crippen LogP contribution in [0.25, 0.3) is 0 Å². The molecule has 2 N–H and O–H groups in total. The predicted molar refractivity (Wildman–Crippen MR) is 57.3 cm³/mol. The van der Waals surface area contributed by atoms with Crippen molar-refractivity contribution in [1.29, 1.82) is 0 Å². The highest BCUT2D eigenvalue weighted by atomic mass is 16.5. The molecular weight excluding hydrogens is 178 g/mol. The highest BCUT2D eigenvalue weighted by Gasteiger charge is 2.21. The summed E-state index contributed by atoms with van der Waals surface area (Å²) < 4.78 is 5.26. The molecule has 0 spiro atoms. The summed E-state index contributed by atoms with van der Waals surface area (Å²) in [4.78, 5) is 0. The molecule has 1 fully saturated rings. The van der Waals surface area contributed by atoms with Crippen molar-refractivity contribution in [3.05, 3.63) is 0 Å². The second-order valence-corrected chi connectivity index (χ2v) is 4.57. The van der Waals surface area contributed by atoms with E-state index in [0.29, 0.717) is 11.8 Å². The van der Waals surface area contributed by atoms with Crippen LogP contribution in [0.1, 0.15) is 26.7 Å². The van der Waals surface area contributed by atoms with E-state index in [0.717, 1.165) is 39.1 Å². The van der Waals surface area contributed by atoms with Gasteiger partial charge in [0.05, 0.1) is 6.10 Å². The van der Waals surface area contributed by atoms with Crippen molar-refractivity contribution >= 4 is 0 Å². The third kappa shape index (κ3) is 4.40. The Balaban J connectivity index is 2.10. The van der Waals surface area contributed by atoms with E-state index < -0.39 is 0 Å². The van der Waals surface area contributed by atoms with Crippen LogP contribution in [0, 0.1) is 11.8 Å². The molecule has 1 rings (SSSR count). The minimum absolute atomic E-state index is 0.197. The third-order valence-corrected chi connectivity index (χ3v) is 2.72. The Morgan fingerprint density at radius 3 is 2.50 bits per heavy atom. The van der Waals surface area contributed by atoms with E-state index in [1.807, 2.05) is 0 Å². The molecule has 14 heavy (non-hydrogen) atoms. The molecule has 1 atom stereocenters. The smallest absolute Gasteiger partial charge is 0.0694 e. The summed E-state index contributed by atoms with van der Waals surface area (Å²) in [5.74, 6) is 1.08. The van der Waals surface area contributed by atoms with Crippen molar-refractivity contribution < 1.29 is 9.84 Å². The van der Waals surface area contributed by atoms with E-state index in [4.69, 9.17) is 4.74 Å². The van der Waals surface area contributed by atoms with E-state index in [1.165, 1.54) is 0 Å². The average Bonchev–Trinajstić information content (AvgIpc) is 2.18. The first-order chi connectivity index (χ1) is 6.70. The van der Waals surface area contributed by atoms with Gasteiger partial charge in [0, 0.05) is 19.8 Å². The van der Waals surface area contributed by atoms with Crippen LogP contribution in [-0.2, 0) is 4.74 Å². The maximum absolute atomic E-state index is 9.87. The molecule has 1 unspecified atom stereocenters. The van der Waals surface area contributed by atoms with Crippen LogP contribution in [0.5, 0.6) is 0 Å². The summed E-state index contributed by atoms with van der Waals surface area (Å²) in [5.41, 5.74) is 0. The van der Waals surface area contributed by atoms with Gasteiger partial charge in [-0.15, -0.1) is 0 Å². The summed E-state index contributed by atoms with van der Waals surface area (Å²) in [6.45, 7) is 7.68. The molecule has 1 heterocycles. The molecule has 0 radical (unpaired) electrons. The van der Waals surface area contributed by atoms with Crippen LogP contribution >= 0.6 is 0 Å². The van der Waals surface area contributed by atoms with Crippen molar-refractivity contribution in [3.8, 4) is 0 Å². The van der Waals surface area contributed by atoms with E-state index in [2.05, 4.69) is 19.2 Å². The Morgan fingerprint density at radius 2 is 1.93 bits per heavy atom. The van der Waals surface area contributed by atoms with E-state index >= 15 is 0 Å². The zero-order chi connectivity index (χ0) is 10.4. The van der Waals surface area contributed by atoms with Gasteiger partial charge in [-0.2, -0.15) is 0 Å². The number of ether oxygens (including phenoxy) is 1. The van der Waals surface area contributed by atoms with Gasteiger partial charge in [0.25, 0.3) is 0 Å². The fraction of sp³-hybridized carbons (Fsp3) is 1.00. The highest BCUT2D eigenvalue weighted by molar-refractivity contribution is 4.73. The van der Waals surface area contributed by atoms with Crippen molar-refractivity contribution in [2.24, 2.45) is 11.8 Å². The number of rotatable bonds is 5. The van der Waals surface area contributed by atoms with Gasteiger partial charge < -0.3 is 15.2 Å². The lowest BCUT2D eigenvalue weighted by Crippen LogP contribution is -2.37. The van der Waals surface area contributed by atoms with Crippen LogP contribution in [0.4, 0.5) is 0 Å². The molecule has 3 heteroatoms. The maximum Gasteiger partial charge on any atom is 0.0694 e. The molecule has 0 saturated carbocycles. The Labute approximate surface area is 86.8 Å². The summed E-state index contributed by atoms with van der Waals surface area (Å²) in [6.07, 6.45) is 1.81. The Bertz CT molecular complexity index is 144. The van der Waals surface area contributed by atoms with Crippen molar-refractivity contribution in [1.82, 2.24) is 5.32 Å². The molecule has 0 aromatic carbocycles.